The Bertz CT molecular complexity index is 523. The number of carbonyl (C=O) groups is 1. The van der Waals surface area contributed by atoms with E-state index in [9.17, 15) is 4.79 Å². The van der Waals surface area contributed by atoms with Crippen LogP contribution in [-0.2, 0) is 6.42 Å². The van der Waals surface area contributed by atoms with E-state index in [1.165, 1.54) is 0 Å². The summed E-state index contributed by atoms with van der Waals surface area (Å²) in [6.45, 7) is 0.542. The normalized spacial score (nSPS) is 9.95. The van der Waals surface area contributed by atoms with Gasteiger partial charge in [-0.05, 0) is 30.2 Å². The summed E-state index contributed by atoms with van der Waals surface area (Å²) in [6, 6.07) is 8.88. The SMILES string of the molecule is COc1ccccc1NC(=O)NCCc1ccoc1. The van der Waals surface area contributed by atoms with Crippen LogP contribution in [0.4, 0.5) is 10.5 Å². The Balaban J connectivity index is 1.80. The molecule has 0 saturated carbocycles. The van der Waals surface area contributed by atoms with Gasteiger partial charge >= 0.3 is 6.03 Å². The molecule has 0 aliphatic carbocycles. The molecule has 1 aromatic carbocycles. The first-order valence-electron chi connectivity index (χ1n) is 5.98. The van der Waals surface area contributed by atoms with Crippen molar-refractivity contribution < 1.29 is 13.9 Å². The summed E-state index contributed by atoms with van der Waals surface area (Å²) in [6.07, 6.45) is 4.01. The summed E-state index contributed by atoms with van der Waals surface area (Å²) in [5, 5.41) is 5.52. The maximum Gasteiger partial charge on any atom is 0.319 e. The zero-order valence-electron chi connectivity index (χ0n) is 10.7. The van der Waals surface area contributed by atoms with E-state index in [4.69, 9.17) is 9.15 Å². The molecule has 0 spiro atoms. The van der Waals surface area contributed by atoms with E-state index in [0.29, 0.717) is 18.0 Å². The molecule has 2 N–H and O–H groups in total. The van der Waals surface area contributed by atoms with Crippen molar-refractivity contribution >= 4 is 11.7 Å². The molecule has 1 aromatic heterocycles. The van der Waals surface area contributed by atoms with E-state index in [2.05, 4.69) is 10.6 Å². The molecule has 2 aromatic rings. The van der Waals surface area contributed by atoms with Gasteiger partial charge in [0.1, 0.15) is 5.75 Å². The lowest BCUT2D eigenvalue weighted by atomic mass is 10.2. The number of nitrogens with one attached hydrogen (secondary N) is 2. The Morgan fingerprint density at radius 2 is 2.16 bits per heavy atom. The lowest BCUT2D eigenvalue weighted by molar-refractivity contribution is 0.252. The quantitative estimate of drug-likeness (QED) is 0.868. The molecule has 0 aliphatic rings. The summed E-state index contributed by atoms with van der Waals surface area (Å²) in [7, 11) is 1.57. The van der Waals surface area contributed by atoms with Crippen molar-refractivity contribution in [2.45, 2.75) is 6.42 Å². The van der Waals surface area contributed by atoms with Gasteiger partial charge in [0, 0.05) is 6.54 Å². The predicted octanol–water partition coefficient (Wildman–Crippen LogP) is 2.65. The van der Waals surface area contributed by atoms with E-state index in [-0.39, 0.29) is 6.03 Å². The number of furan rings is 1. The number of hydrogen-bond donors (Lipinski definition) is 2. The van der Waals surface area contributed by atoms with Crippen LogP contribution in [0.25, 0.3) is 0 Å². The summed E-state index contributed by atoms with van der Waals surface area (Å²) in [5.41, 5.74) is 1.70. The fraction of sp³-hybridized carbons (Fsp3) is 0.214. The number of hydrogen-bond acceptors (Lipinski definition) is 3. The monoisotopic (exact) mass is 260 g/mol. The molecule has 0 fully saturated rings. The molecule has 1 heterocycles. The third-order valence-corrected chi connectivity index (χ3v) is 2.63. The van der Waals surface area contributed by atoms with Crippen LogP contribution >= 0.6 is 0 Å². The maximum absolute atomic E-state index is 11.7. The van der Waals surface area contributed by atoms with Gasteiger partial charge in [0.25, 0.3) is 0 Å². The second-order valence-corrected chi connectivity index (χ2v) is 3.96. The molecule has 0 bridgehead atoms. The molecule has 5 nitrogen and oxygen atoms in total. The van der Waals surface area contributed by atoms with Crippen molar-refractivity contribution in [3.8, 4) is 5.75 Å². The predicted molar refractivity (Wildman–Crippen MR) is 72.4 cm³/mol. The van der Waals surface area contributed by atoms with Crippen LogP contribution in [0.3, 0.4) is 0 Å². The van der Waals surface area contributed by atoms with Gasteiger partial charge in [0.15, 0.2) is 0 Å². The molecule has 2 rings (SSSR count). The summed E-state index contributed by atoms with van der Waals surface area (Å²) in [4.78, 5) is 11.7. The number of urea groups is 1. The Kier molecular flexibility index (Phi) is 4.44. The number of anilines is 1. The van der Waals surface area contributed by atoms with Gasteiger partial charge in [-0.1, -0.05) is 12.1 Å². The molecular weight excluding hydrogens is 244 g/mol. The lowest BCUT2D eigenvalue weighted by Crippen LogP contribution is -2.30. The zero-order valence-corrected chi connectivity index (χ0v) is 10.7. The third kappa shape index (κ3) is 3.77. The number of benzene rings is 1. The molecule has 5 heteroatoms. The minimum atomic E-state index is -0.256. The second kappa shape index (κ2) is 6.49. The number of para-hydroxylation sites is 2. The highest BCUT2D eigenvalue weighted by atomic mass is 16.5. The average Bonchev–Trinajstić information content (AvgIpc) is 2.92. The van der Waals surface area contributed by atoms with E-state index >= 15 is 0 Å². The van der Waals surface area contributed by atoms with Crippen LogP contribution in [0.2, 0.25) is 0 Å². The van der Waals surface area contributed by atoms with Gasteiger partial charge in [-0.15, -0.1) is 0 Å². The van der Waals surface area contributed by atoms with Gasteiger partial charge < -0.3 is 19.8 Å². The fourth-order valence-corrected chi connectivity index (χ4v) is 1.67. The van der Waals surface area contributed by atoms with Crippen LogP contribution in [0.5, 0.6) is 5.75 Å². The first kappa shape index (κ1) is 13.0. The smallest absolute Gasteiger partial charge is 0.319 e. The average molecular weight is 260 g/mol. The Morgan fingerprint density at radius 1 is 1.32 bits per heavy atom. The molecule has 0 saturated heterocycles. The fourth-order valence-electron chi connectivity index (χ4n) is 1.67. The minimum Gasteiger partial charge on any atom is -0.495 e. The second-order valence-electron chi connectivity index (χ2n) is 3.96. The van der Waals surface area contributed by atoms with Crippen LogP contribution in [0.1, 0.15) is 5.56 Å². The van der Waals surface area contributed by atoms with Crippen molar-refractivity contribution in [2.24, 2.45) is 0 Å². The number of methoxy groups -OCH3 is 1. The number of amides is 2. The van der Waals surface area contributed by atoms with Crippen LogP contribution < -0.4 is 15.4 Å². The van der Waals surface area contributed by atoms with E-state index in [1.807, 2.05) is 18.2 Å². The molecule has 0 radical (unpaired) electrons. The largest absolute Gasteiger partial charge is 0.495 e. The topological polar surface area (TPSA) is 63.5 Å². The number of ether oxygens (including phenoxy) is 1. The highest BCUT2D eigenvalue weighted by Gasteiger charge is 2.05. The van der Waals surface area contributed by atoms with Crippen LogP contribution in [0.15, 0.2) is 47.3 Å². The summed E-state index contributed by atoms with van der Waals surface area (Å²) < 4.78 is 10.1. The summed E-state index contributed by atoms with van der Waals surface area (Å²) in [5.74, 6) is 0.632. The maximum atomic E-state index is 11.7. The van der Waals surface area contributed by atoms with Gasteiger partial charge in [0.2, 0.25) is 0 Å². The third-order valence-electron chi connectivity index (χ3n) is 2.63. The number of carbonyl (C=O) groups excluding carboxylic acids is 1. The van der Waals surface area contributed by atoms with Crippen molar-refractivity contribution in [3.63, 3.8) is 0 Å². The molecule has 100 valence electrons. The molecular formula is C14H16N2O3. The zero-order chi connectivity index (χ0) is 13.5. The molecule has 0 unspecified atom stereocenters. The van der Waals surface area contributed by atoms with Gasteiger partial charge in [0.05, 0.1) is 25.3 Å². The van der Waals surface area contributed by atoms with Gasteiger partial charge in [-0.25, -0.2) is 4.79 Å². The Hall–Kier alpha value is -2.43. The van der Waals surface area contributed by atoms with Crippen molar-refractivity contribution in [3.05, 3.63) is 48.4 Å². The van der Waals surface area contributed by atoms with Crippen molar-refractivity contribution in [1.82, 2.24) is 5.32 Å². The molecule has 19 heavy (non-hydrogen) atoms. The highest BCUT2D eigenvalue weighted by Crippen LogP contribution is 2.22. The standard InChI is InChI=1S/C14H16N2O3/c1-18-13-5-3-2-4-12(13)16-14(17)15-8-6-11-7-9-19-10-11/h2-5,7,9-10H,6,8H2,1H3,(H2,15,16,17). The van der Waals surface area contributed by atoms with Crippen LogP contribution in [0, 0.1) is 0 Å². The molecule has 0 atom stereocenters. The van der Waals surface area contributed by atoms with Gasteiger partial charge in [-0.3, -0.25) is 0 Å². The molecule has 0 aliphatic heterocycles. The van der Waals surface area contributed by atoms with Gasteiger partial charge in [-0.2, -0.15) is 0 Å². The van der Waals surface area contributed by atoms with Crippen molar-refractivity contribution in [2.75, 3.05) is 19.0 Å². The molecule has 2 amide bonds. The van der Waals surface area contributed by atoms with E-state index in [1.54, 1.807) is 31.8 Å². The minimum absolute atomic E-state index is 0.256. The van der Waals surface area contributed by atoms with Crippen LogP contribution in [-0.4, -0.2) is 19.7 Å². The van der Waals surface area contributed by atoms with Crippen molar-refractivity contribution in [1.29, 1.82) is 0 Å². The summed E-state index contributed by atoms with van der Waals surface area (Å²) >= 11 is 0. The number of rotatable bonds is 5. The first-order valence-corrected chi connectivity index (χ1v) is 5.98. The van der Waals surface area contributed by atoms with E-state index < -0.39 is 0 Å². The Labute approximate surface area is 111 Å². The highest BCUT2D eigenvalue weighted by molar-refractivity contribution is 5.90. The Morgan fingerprint density at radius 3 is 2.89 bits per heavy atom. The van der Waals surface area contributed by atoms with E-state index in [0.717, 1.165) is 12.0 Å². The first-order chi connectivity index (χ1) is 9.29. The lowest BCUT2D eigenvalue weighted by Gasteiger charge is -2.10.